The molecule has 1 aromatic rings. The molecule has 1 atom stereocenters. The standard InChI is InChI=1S/C14H17NO4/c16-12(8-19-9-13(17)18)15-14(11-6-7-11)10-4-2-1-3-5-10/h1-5,11,14H,6-9H2,(H,15,16)(H,17,18). The fourth-order valence-electron chi connectivity index (χ4n) is 2.01. The molecule has 5 nitrogen and oxygen atoms in total. The van der Waals surface area contributed by atoms with Crippen LogP contribution >= 0.6 is 0 Å². The van der Waals surface area contributed by atoms with Crippen molar-refractivity contribution in [2.24, 2.45) is 5.92 Å². The molecular formula is C14H17NO4. The van der Waals surface area contributed by atoms with Gasteiger partial charge in [0.2, 0.25) is 5.91 Å². The molecular weight excluding hydrogens is 246 g/mol. The van der Waals surface area contributed by atoms with Crippen LogP contribution in [0.3, 0.4) is 0 Å². The minimum absolute atomic E-state index is 0.00197. The highest BCUT2D eigenvalue weighted by Gasteiger charge is 2.33. The molecule has 2 rings (SSSR count). The van der Waals surface area contributed by atoms with E-state index in [1.165, 1.54) is 0 Å². The van der Waals surface area contributed by atoms with Crippen LogP contribution in [0.1, 0.15) is 24.4 Å². The van der Waals surface area contributed by atoms with Gasteiger partial charge in [-0.2, -0.15) is 0 Å². The van der Waals surface area contributed by atoms with Gasteiger partial charge >= 0.3 is 5.97 Å². The van der Waals surface area contributed by atoms with Gasteiger partial charge in [-0.05, 0) is 24.3 Å². The fraction of sp³-hybridized carbons (Fsp3) is 0.429. The molecule has 0 aliphatic heterocycles. The highest BCUT2D eigenvalue weighted by molar-refractivity contribution is 5.78. The molecule has 19 heavy (non-hydrogen) atoms. The number of amides is 1. The molecule has 102 valence electrons. The van der Waals surface area contributed by atoms with E-state index in [0.717, 1.165) is 18.4 Å². The van der Waals surface area contributed by atoms with E-state index in [1.54, 1.807) is 0 Å². The van der Waals surface area contributed by atoms with E-state index in [-0.39, 0.29) is 18.6 Å². The molecule has 1 aromatic carbocycles. The van der Waals surface area contributed by atoms with E-state index in [4.69, 9.17) is 9.84 Å². The second kappa shape index (κ2) is 6.33. The van der Waals surface area contributed by atoms with Gasteiger partial charge in [0, 0.05) is 0 Å². The predicted octanol–water partition coefficient (Wildman–Crippen LogP) is 1.36. The topological polar surface area (TPSA) is 75.6 Å². The van der Waals surface area contributed by atoms with Crippen LogP contribution < -0.4 is 5.32 Å². The number of aliphatic carboxylic acids is 1. The average molecular weight is 263 g/mol. The number of carbonyl (C=O) groups excluding carboxylic acids is 1. The first-order valence-corrected chi connectivity index (χ1v) is 6.30. The maximum atomic E-state index is 11.7. The summed E-state index contributed by atoms with van der Waals surface area (Å²) < 4.78 is 4.78. The number of carboxylic acids is 1. The van der Waals surface area contributed by atoms with E-state index >= 15 is 0 Å². The third-order valence-corrected chi connectivity index (χ3v) is 3.03. The van der Waals surface area contributed by atoms with E-state index in [9.17, 15) is 9.59 Å². The van der Waals surface area contributed by atoms with Gasteiger partial charge in [0.1, 0.15) is 13.2 Å². The smallest absolute Gasteiger partial charge is 0.329 e. The lowest BCUT2D eigenvalue weighted by Crippen LogP contribution is -2.33. The van der Waals surface area contributed by atoms with Gasteiger partial charge < -0.3 is 15.2 Å². The van der Waals surface area contributed by atoms with Crippen molar-refractivity contribution in [1.29, 1.82) is 0 Å². The molecule has 2 N–H and O–H groups in total. The third-order valence-electron chi connectivity index (χ3n) is 3.03. The zero-order valence-electron chi connectivity index (χ0n) is 10.5. The Bertz CT molecular complexity index is 442. The van der Waals surface area contributed by atoms with Gasteiger partial charge in [-0.15, -0.1) is 0 Å². The number of hydrogen-bond acceptors (Lipinski definition) is 3. The second-order valence-corrected chi connectivity index (χ2v) is 4.68. The molecule has 1 fully saturated rings. The van der Waals surface area contributed by atoms with Crippen LogP contribution in [-0.2, 0) is 14.3 Å². The molecule has 0 heterocycles. The summed E-state index contributed by atoms with van der Waals surface area (Å²) >= 11 is 0. The number of carbonyl (C=O) groups is 2. The van der Waals surface area contributed by atoms with Crippen LogP contribution in [0, 0.1) is 5.92 Å². The molecule has 1 unspecified atom stereocenters. The van der Waals surface area contributed by atoms with Crippen LogP contribution in [0.4, 0.5) is 0 Å². The van der Waals surface area contributed by atoms with Crippen molar-refractivity contribution in [3.63, 3.8) is 0 Å². The number of ether oxygens (including phenoxy) is 1. The fourth-order valence-corrected chi connectivity index (χ4v) is 2.01. The Morgan fingerprint density at radius 2 is 1.95 bits per heavy atom. The quantitative estimate of drug-likeness (QED) is 0.778. The maximum absolute atomic E-state index is 11.7. The Balaban J connectivity index is 1.87. The van der Waals surface area contributed by atoms with Crippen LogP contribution in [0.2, 0.25) is 0 Å². The van der Waals surface area contributed by atoms with Gasteiger partial charge in [-0.3, -0.25) is 4.79 Å². The Hall–Kier alpha value is -1.88. The number of hydrogen-bond donors (Lipinski definition) is 2. The van der Waals surface area contributed by atoms with Gasteiger partial charge in [0.25, 0.3) is 0 Å². The van der Waals surface area contributed by atoms with E-state index in [1.807, 2.05) is 30.3 Å². The van der Waals surface area contributed by atoms with Crippen molar-refractivity contribution in [3.8, 4) is 0 Å². The first-order chi connectivity index (χ1) is 9.16. The first kappa shape index (κ1) is 13.5. The summed E-state index contributed by atoms with van der Waals surface area (Å²) in [7, 11) is 0. The second-order valence-electron chi connectivity index (χ2n) is 4.68. The van der Waals surface area contributed by atoms with Gasteiger partial charge in [0.15, 0.2) is 0 Å². The van der Waals surface area contributed by atoms with Gasteiger partial charge in [-0.1, -0.05) is 30.3 Å². The Labute approximate surface area is 111 Å². The monoisotopic (exact) mass is 263 g/mol. The zero-order chi connectivity index (χ0) is 13.7. The molecule has 1 saturated carbocycles. The van der Waals surface area contributed by atoms with Crippen molar-refractivity contribution in [3.05, 3.63) is 35.9 Å². The third kappa shape index (κ3) is 4.37. The predicted molar refractivity (Wildman–Crippen MR) is 68.5 cm³/mol. The Morgan fingerprint density at radius 3 is 2.53 bits per heavy atom. The minimum atomic E-state index is -1.07. The highest BCUT2D eigenvalue weighted by Crippen LogP contribution is 2.40. The summed E-state index contributed by atoms with van der Waals surface area (Å²) in [5.41, 5.74) is 1.08. The molecule has 1 amide bonds. The molecule has 1 aliphatic rings. The molecule has 0 aromatic heterocycles. The zero-order valence-corrected chi connectivity index (χ0v) is 10.5. The molecule has 0 saturated heterocycles. The average Bonchev–Trinajstić information content (AvgIpc) is 3.21. The summed E-state index contributed by atoms with van der Waals surface area (Å²) in [5, 5.41) is 11.3. The van der Waals surface area contributed by atoms with Crippen LogP contribution in [0.5, 0.6) is 0 Å². The van der Waals surface area contributed by atoms with Crippen LogP contribution in [-0.4, -0.2) is 30.2 Å². The Morgan fingerprint density at radius 1 is 1.26 bits per heavy atom. The number of benzene rings is 1. The summed E-state index contributed by atoms with van der Waals surface area (Å²) in [6.45, 7) is -0.671. The normalized spacial score (nSPS) is 15.8. The Kier molecular flexibility index (Phi) is 4.52. The van der Waals surface area contributed by atoms with Crippen LogP contribution in [0.25, 0.3) is 0 Å². The summed E-state index contributed by atoms with van der Waals surface area (Å²) in [6.07, 6.45) is 2.21. The molecule has 1 aliphatic carbocycles. The van der Waals surface area contributed by atoms with Gasteiger partial charge in [0.05, 0.1) is 6.04 Å². The summed E-state index contributed by atoms with van der Waals surface area (Å²) in [6, 6.07) is 9.80. The van der Waals surface area contributed by atoms with Crippen molar-refractivity contribution >= 4 is 11.9 Å². The lowest BCUT2D eigenvalue weighted by Gasteiger charge is -2.18. The summed E-state index contributed by atoms with van der Waals surface area (Å²) in [4.78, 5) is 22.0. The van der Waals surface area contributed by atoms with E-state index in [0.29, 0.717) is 5.92 Å². The van der Waals surface area contributed by atoms with Crippen molar-refractivity contribution in [2.45, 2.75) is 18.9 Å². The molecule has 5 heteroatoms. The lowest BCUT2D eigenvalue weighted by atomic mass is 10.0. The minimum Gasteiger partial charge on any atom is -0.480 e. The van der Waals surface area contributed by atoms with Crippen molar-refractivity contribution < 1.29 is 19.4 Å². The number of carboxylic acid groups (broad SMARTS) is 1. The van der Waals surface area contributed by atoms with E-state index < -0.39 is 12.6 Å². The van der Waals surface area contributed by atoms with Gasteiger partial charge in [-0.25, -0.2) is 4.79 Å². The number of rotatable bonds is 7. The molecule has 0 spiro atoms. The van der Waals surface area contributed by atoms with Crippen LogP contribution in [0.15, 0.2) is 30.3 Å². The summed E-state index contributed by atoms with van der Waals surface area (Å²) in [5.74, 6) is -0.873. The largest absolute Gasteiger partial charge is 0.480 e. The SMILES string of the molecule is O=C(O)COCC(=O)NC(c1ccccc1)C1CC1. The highest BCUT2D eigenvalue weighted by atomic mass is 16.5. The molecule has 0 radical (unpaired) electrons. The van der Waals surface area contributed by atoms with Crippen molar-refractivity contribution in [1.82, 2.24) is 5.32 Å². The van der Waals surface area contributed by atoms with Crippen molar-refractivity contribution in [2.75, 3.05) is 13.2 Å². The van der Waals surface area contributed by atoms with E-state index in [2.05, 4.69) is 5.32 Å². The lowest BCUT2D eigenvalue weighted by molar-refractivity contribution is -0.143. The molecule has 0 bridgehead atoms. The maximum Gasteiger partial charge on any atom is 0.329 e. The number of nitrogens with one attached hydrogen (secondary N) is 1. The first-order valence-electron chi connectivity index (χ1n) is 6.30.